The van der Waals surface area contributed by atoms with Crippen LogP contribution in [-0.4, -0.2) is 23.7 Å². The molecule has 0 radical (unpaired) electrons. The van der Waals surface area contributed by atoms with E-state index in [0.717, 1.165) is 5.56 Å². The number of aliphatic hydroxyl groups is 1. The Bertz CT molecular complexity index is 840. The van der Waals surface area contributed by atoms with Gasteiger partial charge in [0.25, 0.3) is 0 Å². The summed E-state index contributed by atoms with van der Waals surface area (Å²) in [6.45, 7) is 4.75. The molecule has 136 valence electrons. The number of esters is 2. The maximum atomic E-state index is 11.2. The van der Waals surface area contributed by atoms with Gasteiger partial charge >= 0.3 is 11.9 Å². The predicted molar refractivity (Wildman–Crippen MR) is 93.4 cm³/mol. The molecule has 1 heterocycles. The molecule has 0 bridgehead atoms. The second-order valence-electron chi connectivity index (χ2n) is 6.23. The number of rotatable bonds is 3. The Morgan fingerprint density at radius 2 is 1.69 bits per heavy atom. The lowest BCUT2D eigenvalue weighted by atomic mass is 9.86. The fourth-order valence-corrected chi connectivity index (χ4v) is 3.09. The number of carbonyl (C=O) groups excluding carboxylic acids is 2. The zero-order valence-corrected chi connectivity index (χ0v) is 14.8. The fraction of sp³-hybridized carbons (Fsp3) is 0.300. The predicted octanol–water partition coefficient (Wildman–Crippen LogP) is 3.06. The zero-order chi connectivity index (χ0) is 18.8. The average molecular weight is 356 g/mol. The van der Waals surface area contributed by atoms with Crippen molar-refractivity contribution in [2.24, 2.45) is 0 Å². The summed E-state index contributed by atoms with van der Waals surface area (Å²) < 4.78 is 16.1. The van der Waals surface area contributed by atoms with Crippen molar-refractivity contribution in [1.82, 2.24) is 0 Å². The topological polar surface area (TPSA) is 82.1 Å². The van der Waals surface area contributed by atoms with Gasteiger partial charge in [0.05, 0.1) is 12.7 Å². The number of hydrogen-bond acceptors (Lipinski definition) is 6. The Morgan fingerprint density at radius 3 is 2.31 bits per heavy atom. The first-order valence-corrected chi connectivity index (χ1v) is 8.28. The summed E-state index contributed by atoms with van der Waals surface area (Å²) in [6.07, 6.45) is -0.761. The Labute approximate surface area is 151 Å². The third kappa shape index (κ3) is 3.55. The van der Waals surface area contributed by atoms with Crippen molar-refractivity contribution in [1.29, 1.82) is 0 Å². The molecular formula is C20H20O6. The van der Waals surface area contributed by atoms with Gasteiger partial charge in [0.1, 0.15) is 17.2 Å². The summed E-state index contributed by atoms with van der Waals surface area (Å²) in [4.78, 5) is 22.2. The molecule has 1 aliphatic heterocycles. The van der Waals surface area contributed by atoms with E-state index < -0.39 is 12.1 Å². The van der Waals surface area contributed by atoms with E-state index in [1.807, 2.05) is 0 Å². The van der Waals surface area contributed by atoms with Gasteiger partial charge in [-0.2, -0.15) is 0 Å². The monoisotopic (exact) mass is 356 g/mol. The van der Waals surface area contributed by atoms with E-state index in [1.165, 1.54) is 13.8 Å². The van der Waals surface area contributed by atoms with Crippen molar-refractivity contribution in [3.63, 3.8) is 0 Å². The zero-order valence-electron chi connectivity index (χ0n) is 14.8. The first-order chi connectivity index (χ1) is 12.4. The summed E-state index contributed by atoms with van der Waals surface area (Å²) in [5.74, 6) is 0.376. The summed E-state index contributed by atoms with van der Waals surface area (Å²) >= 11 is 0. The number of fused-ring (bicyclic) bond motifs is 1. The van der Waals surface area contributed by atoms with Crippen LogP contribution >= 0.6 is 0 Å². The van der Waals surface area contributed by atoms with Gasteiger partial charge in [-0.3, -0.25) is 9.59 Å². The molecule has 0 unspecified atom stereocenters. The lowest BCUT2D eigenvalue weighted by Gasteiger charge is -2.32. The molecule has 2 aromatic rings. The molecule has 3 rings (SSSR count). The number of aliphatic hydroxyl groups excluding tert-OH is 1. The van der Waals surface area contributed by atoms with Crippen molar-refractivity contribution >= 4 is 11.9 Å². The Balaban J connectivity index is 1.85. The molecule has 1 aliphatic rings. The third-order valence-electron chi connectivity index (χ3n) is 4.32. The molecule has 2 atom stereocenters. The van der Waals surface area contributed by atoms with Gasteiger partial charge in [-0.15, -0.1) is 0 Å². The maximum absolute atomic E-state index is 11.2. The highest BCUT2D eigenvalue weighted by molar-refractivity contribution is 5.70. The summed E-state index contributed by atoms with van der Waals surface area (Å²) in [5, 5.41) is 10.8. The molecule has 0 aliphatic carbocycles. The van der Waals surface area contributed by atoms with Crippen LogP contribution in [-0.2, 0) is 9.59 Å². The van der Waals surface area contributed by atoms with Gasteiger partial charge in [-0.1, -0.05) is 12.1 Å². The highest BCUT2D eigenvalue weighted by Crippen LogP contribution is 2.44. The Kier molecular flexibility index (Phi) is 4.95. The van der Waals surface area contributed by atoms with E-state index in [1.54, 1.807) is 43.3 Å². The second kappa shape index (κ2) is 7.17. The molecule has 0 saturated heterocycles. The van der Waals surface area contributed by atoms with Crippen molar-refractivity contribution in [3.05, 3.63) is 53.1 Å². The molecule has 1 N–H and O–H groups in total. The van der Waals surface area contributed by atoms with E-state index in [4.69, 9.17) is 14.2 Å². The molecule has 0 fully saturated rings. The lowest BCUT2D eigenvalue weighted by Crippen LogP contribution is -2.25. The molecule has 6 nitrogen and oxygen atoms in total. The quantitative estimate of drug-likeness (QED) is 0.672. The second-order valence-corrected chi connectivity index (χ2v) is 6.23. The van der Waals surface area contributed by atoms with Crippen molar-refractivity contribution < 1.29 is 28.9 Å². The molecule has 0 aromatic heterocycles. The molecule has 6 heteroatoms. The molecule has 0 saturated carbocycles. The van der Waals surface area contributed by atoms with Crippen molar-refractivity contribution in [2.75, 3.05) is 6.61 Å². The minimum Gasteiger partial charge on any atom is -0.492 e. The van der Waals surface area contributed by atoms with Gasteiger partial charge < -0.3 is 19.3 Å². The standard InChI is InChI=1S/C20H20O6/c1-11-18(26-13(3)22)9-8-16-19(23)17(10-24-20(11)16)14-4-6-15(7-5-14)25-12(2)21/h4-9,17,19,23H,10H2,1-3H3/t17-,19+/m0/s1. The van der Waals surface area contributed by atoms with Crippen LogP contribution in [0.25, 0.3) is 0 Å². The minimum atomic E-state index is -0.761. The van der Waals surface area contributed by atoms with Gasteiger partial charge in [-0.05, 0) is 36.8 Å². The highest BCUT2D eigenvalue weighted by Gasteiger charge is 2.32. The van der Waals surface area contributed by atoms with E-state index in [0.29, 0.717) is 28.4 Å². The smallest absolute Gasteiger partial charge is 0.308 e. The van der Waals surface area contributed by atoms with Gasteiger partial charge in [0.2, 0.25) is 0 Å². The maximum Gasteiger partial charge on any atom is 0.308 e. The molecule has 2 aromatic carbocycles. The SMILES string of the molecule is CC(=O)Oc1ccc([C@@H]2COc3c(ccc(OC(C)=O)c3C)[C@H]2O)cc1. The summed E-state index contributed by atoms with van der Waals surface area (Å²) in [5.41, 5.74) is 2.21. The van der Waals surface area contributed by atoms with E-state index in [9.17, 15) is 14.7 Å². The van der Waals surface area contributed by atoms with Crippen LogP contribution < -0.4 is 14.2 Å². The molecule has 0 spiro atoms. The number of ether oxygens (including phenoxy) is 3. The van der Waals surface area contributed by atoms with E-state index >= 15 is 0 Å². The van der Waals surface area contributed by atoms with Gasteiger partial charge in [-0.25, -0.2) is 0 Å². The van der Waals surface area contributed by atoms with Crippen LogP contribution in [0.3, 0.4) is 0 Å². The summed E-state index contributed by atoms with van der Waals surface area (Å²) in [7, 11) is 0. The largest absolute Gasteiger partial charge is 0.492 e. The molecule has 26 heavy (non-hydrogen) atoms. The average Bonchev–Trinajstić information content (AvgIpc) is 2.58. The minimum absolute atomic E-state index is 0.257. The third-order valence-corrected chi connectivity index (χ3v) is 4.32. The molecular weight excluding hydrogens is 336 g/mol. The normalized spacial score (nSPS) is 18.5. The van der Waals surface area contributed by atoms with Crippen LogP contribution in [0.2, 0.25) is 0 Å². The molecule has 0 amide bonds. The first-order valence-electron chi connectivity index (χ1n) is 8.28. The fourth-order valence-electron chi connectivity index (χ4n) is 3.09. The highest BCUT2D eigenvalue weighted by atomic mass is 16.5. The van der Waals surface area contributed by atoms with Crippen LogP contribution in [0.15, 0.2) is 36.4 Å². The lowest BCUT2D eigenvalue weighted by molar-refractivity contribution is -0.132. The first kappa shape index (κ1) is 17.9. The van der Waals surface area contributed by atoms with Crippen LogP contribution in [0.5, 0.6) is 17.2 Å². The number of hydrogen-bond donors (Lipinski definition) is 1. The van der Waals surface area contributed by atoms with E-state index in [-0.39, 0.29) is 18.5 Å². The summed E-state index contributed by atoms with van der Waals surface area (Å²) in [6, 6.07) is 10.4. The number of benzene rings is 2. The van der Waals surface area contributed by atoms with Gasteiger partial charge in [0, 0.05) is 30.9 Å². The Hall–Kier alpha value is -2.86. The van der Waals surface area contributed by atoms with Crippen LogP contribution in [0, 0.1) is 6.92 Å². The van der Waals surface area contributed by atoms with Crippen LogP contribution in [0.1, 0.15) is 42.6 Å². The number of carbonyl (C=O) groups is 2. The van der Waals surface area contributed by atoms with Crippen molar-refractivity contribution in [3.8, 4) is 17.2 Å². The Morgan fingerprint density at radius 1 is 1.04 bits per heavy atom. The van der Waals surface area contributed by atoms with E-state index in [2.05, 4.69) is 0 Å². The van der Waals surface area contributed by atoms with Crippen LogP contribution in [0.4, 0.5) is 0 Å². The van der Waals surface area contributed by atoms with Crippen molar-refractivity contribution in [2.45, 2.75) is 32.8 Å². The van der Waals surface area contributed by atoms with Gasteiger partial charge in [0.15, 0.2) is 0 Å².